The van der Waals surface area contributed by atoms with E-state index in [9.17, 15) is 4.39 Å². The third-order valence-corrected chi connectivity index (χ3v) is 2.54. The van der Waals surface area contributed by atoms with Gasteiger partial charge in [-0.2, -0.15) is 4.98 Å². The molecule has 2 N–H and O–H groups in total. The fourth-order valence-electron chi connectivity index (χ4n) is 1.54. The number of rotatable bonds is 3. The quantitative estimate of drug-likeness (QED) is 0.842. The Hall–Kier alpha value is -2.19. The Morgan fingerprint density at radius 1 is 1.56 bits per heavy atom. The molecule has 0 radical (unpaired) electrons. The first-order chi connectivity index (χ1) is 8.61. The summed E-state index contributed by atoms with van der Waals surface area (Å²) in [7, 11) is 0. The van der Waals surface area contributed by atoms with E-state index in [1.165, 1.54) is 12.1 Å². The summed E-state index contributed by atoms with van der Waals surface area (Å²) in [6.07, 6.45) is 5.47. The summed E-state index contributed by atoms with van der Waals surface area (Å²) in [6.45, 7) is 1.84. The van der Waals surface area contributed by atoms with Gasteiger partial charge in [0.1, 0.15) is 5.82 Å². The van der Waals surface area contributed by atoms with Crippen molar-refractivity contribution in [1.29, 1.82) is 0 Å². The topological polar surface area (TPSA) is 64.9 Å². The highest BCUT2D eigenvalue weighted by Crippen LogP contribution is 2.23. The molecule has 2 aromatic rings. The second-order valence-corrected chi connectivity index (χ2v) is 3.93. The Balaban J connectivity index is 2.35. The van der Waals surface area contributed by atoms with Crippen LogP contribution in [0.15, 0.2) is 22.7 Å². The van der Waals surface area contributed by atoms with Crippen LogP contribution in [0.2, 0.25) is 0 Å². The predicted octanol–water partition coefficient (Wildman–Crippen LogP) is 2.21. The molecule has 0 spiro atoms. The van der Waals surface area contributed by atoms with Gasteiger partial charge in [-0.15, -0.1) is 12.3 Å². The van der Waals surface area contributed by atoms with E-state index in [1.54, 1.807) is 6.07 Å². The molecule has 4 nitrogen and oxygen atoms in total. The second-order valence-electron chi connectivity index (χ2n) is 3.93. The highest BCUT2D eigenvalue weighted by molar-refractivity contribution is 5.59. The van der Waals surface area contributed by atoms with Gasteiger partial charge in [-0.3, -0.25) is 0 Å². The van der Waals surface area contributed by atoms with Crippen LogP contribution in [0.25, 0.3) is 11.4 Å². The van der Waals surface area contributed by atoms with Gasteiger partial charge in [-0.25, -0.2) is 4.39 Å². The van der Waals surface area contributed by atoms with Crippen molar-refractivity contribution in [3.8, 4) is 23.7 Å². The van der Waals surface area contributed by atoms with Crippen LogP contribution >= 0.6 is 0 Å². The molecule has 0 aliphatic heterocycles. The Kier molecular flexibility index (Phi) is 3.40. The zero-order valence-corrected chi connectivity index (χ0v) is 9.85. The molecule has 0 fully saturated rings. The van der Waals surface area contributed by atoms with Crippen molar-refractivity contribution < 1.29 is 8.91 Å². The standard InChI is InChI=1S/C13H12FN3O/c1-3-4-11(15)13-16-12(17-18-13)10-7-9(14)6-5-8(10)2/h1,5-7,11H,4,15H2,2H3. The van der Waals surface area contributed by atoms with Crippen molar-refractivity contribution >= 4 is 0 Å². The summed E-state index contributed by atoms with van der Waals surface area (Å²) in [4.78, 5) is 4.14. The third kappa shape index (κ3) is 2.39. The summed E-state index contributed by atoms with van der Waals surface area (Å²) in [6, 6.07) is 3.90. The molecule has 0 bridgehead atoms. The zero-order chi connectivity index (χ0) is 13.1. The number of benzene rings is 1. The van der Waals surface area contributed by atoms with Crippen molar-refractivity contribution in [2.45, 2.75) is 19.4 Å². The first-order valence-corrected chi connectivity index (χ1v) is 5.41. The number of terminal acetylenes is 1. The maximum Gasteiger partial charge on any atom is 0.244 e. The lowest BCUT2D eigenvalue weighted by Gasteiger charge is -2.01. The van der Waals surface area contributed by atoms with Gasteiger partial charge in [0.15, 0.2) is 0 Å². The lowest BCUT2D eigenvalue weighted by atomic mass is 10.1. The average Bonchev–Trinajstić information content (AvgIpc) is 2.82. The predicted molar refractivity (Wildman–Crippen MR) is 64.8 cm³/mol. The van der Waals surface area contributed by atoms with Gasteiger partial charge in [0.05, 0.1) is 6.04 Å². The highest BCUT2D eigenvalue weighted by Gasteiger charge is 2.16. The fraction of sp³-hybridized carbons (Fsp3) is 0.231. The number of aromatic nitrogens is 2. The van der Waals surface area contributed by atoms with E-state index in [0.717, 1.165) is 5.56 Å². The van der Waals surface area contributed by atoms with Gasteiger partial charge in [-0.05, 0) is 24.6 Å². The van der Waals surface area contributed by atoms with E-state index in [4.69, 9.17) is 16.7 Å². The molecule has 1 aromatic heterocycles. The molecule has 0 amide bonds. The van der Waals surface area contributed by atoms with Gasteiger partial charge in [0.25, 0.3) is 0 Å². The molecule has 0 saturated carbocycles. The van der Waals surface area contributed by atoms with Crippen LogP contribution < -0.4 is 5.73 Å². The number of nitrogens with two attached hydrogens (primary N) is 1. The first-order valence-electron chi connectivity index (χ1n) is 5.41. The largest absolute Gasteiger partial charge is 0.337 e. The van der Waals surface area contributed by atoms with Crippen LogP contribution in [0.1, 0.15) is 23.9 Å². The first kappa shape index (κ1) is 12.3. The normalized spacial score (nSPS) is 12.1. The van der Waals surface area contributed by atoms with Crippen LogP contribution in [0, 0.1) is 25.1 Å². The van der Waals surface area contributed by atoms with Crippen molar-refractivity contribution in [3.63, 3.8) is 0 Å². The summed E-state index contributed by atoms with van der Waals surface area (Å²) >= 11 is 0. The molecule has 1 heterocycles. The van der Waals surface area contributed by atoms with E-state index >= 15 is 0 Å². The van der Waals surface area contributed by atoms with Gasteiger partial charge >= 0.3 is 0 Å². The summed E-state index contributed by atoms with van der Waals surface area (Å²) in [5.41, 5.74) is 7.19. The SMILES string of the molecule is C#CCC(N)c1nc(-c2cc(F)ccc2C)no1. The molecule has 18 heavy (non-hydrogen) atoms. The number of hydrogen-bond donors (Lipinski definition) is 1. The highest BCUT2D eigenvalue weighted by atomic mass is 19.1. The average molecular weight is 245 g/mol. The summed E-state index contributed by atoms with van der Waals surface area (Å²) < 4.78 is 18.2. The molecular formula is C13H12FN3O. The van der Waals surface area contributed by atoms with E-state index in [0.29, 0.717) is 17.8 Å². The van der Waals surface area contributed by atoms with Crippen LogP contribution in [0.5, 0.6) is 0 Å². The van der Waals surface area contributed by atoms with Crippen LogP contribution in [0.4, 0.5) is 4.39 Å². The Morgan fingerprint density at radius 3 is 3.06 bits per heavy atom. The molecule has 1 aromatic carbocycles. The Labute approximate surface area is 104 Å². The van der Waals surface area contributed by atoms with Crippen molar-refractivity contribution in [2.75, 3.05) is 0 Å². The van der Waals surface area contributed by atoms with E-state index in [2.05, 4.69) is 16.1 Å². The van der Waals surface area contributed by atoms with Crippen LogP contribution in [0.3, 0.4) is 0 Å². The Bertz CT molecular complexity index is 601. The molecule has 1 unspecified atom stereocenters. The molecule has 0 saturated heterocycles. The maximum absolute atomic E-state index is 13.2. The minimum atomic E-state index is -0.495. The minimum absolute atomic E-state index is 0.256. The molecule has 5 heteroatoms. The molecule has 2 rings (SSSR count). The monoisotopic (exact) mass is 245 g/mol. The molecular weight excluding hydrogens is 233 g/mol. The third-order valence-electron chi connectivity index (χ3n) is 2.54. The minimum Gasteiger partial charge on any atom is -0.337 e. The summed E-state index contributed by atoms with van der Waals surface area (Å²) in [5, 5.41) is 3.79. The van der Waals surface area contributed by atoms with Gasteiger partial charge in [-0.1, -0.05) is 11.2 Å². The maximum atomic E-state index is 13.2. The van der Waals surface area contributed by atoms with E-state index in [-0.39, 0.29) is 11.7 Å². The van der Waals surface area contributed by atoms with Gasteiger partial charge in [0.2, 0.25) is 11.7 Å². The zero-order valence-electron chi connectivity index (χ0n) is 9.85. The van der Waals surface area contributed by atoms with E-state index in [1.807, 2.05) is 6.92 Å². The fourth-order valence-corrected chi connectivity index (χ4v) is 1.54. The van der Waals surface area contributed by atoms with Crippen molar-refractivity contribution in [1.82, 2.24) is 10.1 Å². The number of aryl methyl sites for hydroxylation is 1. The van der Waals surface area contributed by atoms with Crippen molar-refractivity contribution in [2.24, 2.45) is 5.73 Å². The number of hydrogen-bond acceptors (Lipinski definition) is 4. The lowest BCUT2D eigenvalue weighted by Crippen LogP contribution is -2.09. The second kappa shape index (κ2) is 4.98. The Morgan fingerprint density at radius 2 is 2.33 bits per heavy atom. The molecule has 0 aliphatic rings. The van der Waals surface area contributed by atoms with Gasteiger partial charge < -0.3 is 10.3 Å². The number of nitrogens with zero attached hydrogens (tertiary/aromatic N) is 2. The van der Waals surface area contributed by atoms with E-state index < -0.39 is 6.04 Å². The number of halogens is 1. The van der Waals surface area contributed by atoms with Crippen LogP contribution in [-0.2, 0) is 0 Å². The van der Waals surface area contributed by atoms with Gasteiger partial charge in [0, 0.05) is 12.0 Å². The molecule has 0 aliphatic carbocycles. The van der Waals surface area contributed by atoms with Crippen molar-refractivity contribution in [3.05, 3.63) is 35.5 Å². The molecule has 92 valence electrons. The lowest BCUT2D eigenvalue weighted by molar-refractivity contribution is 0.357. The smallest absolute Gasteiger partial charge is 0.244 e. The molecule has 1 atom stereocenters. The summed E-state index contributed by atoms with van der Waals surface area (Å²) in [5.74, 6) is 2.64. The van der Waals surface area contributed by atoms with Crippen LogP contribution in [-0.4, -0.2) is 10.1 Å².